The Morgan fingerprint density at radius 1 is 0.510 bits per heavy atom. The molecule has 0 saturated carbocycles. The van der Waals surface area contributed by atoms with Gasteiger partial charge in [-0.2, -0.15) is 0 Å². The summed E-state index contributed by atoms with van der Waals surface area (Å²) in [7, 11) is 0. The maximum absolute atomic E-state index is 14.6. The molecule has 0 saturated heterocycles. The number of Topliss-reactive ketones (excluding diaryl/α,β-unsaturated/α-hetero) is 1. The Balaban J connectivity index is 2.57. The lowest BCUT2D eigenvalue weighted by Gasteiger charge is -2.25. The number of carbonyl (C=O) groups excluding carboxylic acids is 1. The Morgan fingerprint density at radius 3 is 1.39 bits per heavy atom. The van der Waals surface area contributed by atoms with Gasteiger partial charge in [-0.1, -0.05) is 98.8 Å². The van der Waals surface area contributed by atoms with Crippen molar-refractivity contribution in [1.29, 1.82) is 0 Å². The number of aryl methyl sites for hydroxylation is 1. The van der Waals surface area contributed by atoms with Gasteiger partial charge < -0.3 is 23.7 Å². The van der Waals surface area contributed by atoms with Gasteiger partial charge in [-0.3, -0.25) is 4.79 Å². The van der Waals surface area contributed by atoms with Crippen molar-refractivity contribution in [3.63, 3.8) is 0 Å². The highest BCUT2D eigenvalue weighted by Crippen LogP contribution is 2.41. The molecule has 0 aliphatic heterocycles. The summed E-state index contributed by atoms with van der Waals surface area (Å²) in [5.74, 6) is 3.30. The standard InChI is InChI=1S/C45H74O6/c1-11-16-21-33(6)47-39-27-29-41(48-34(7)22-17-12-2)38(32-39)26-28-40(46)44-42(49-35(8)23-18-13-3)30-31-43(50-36(9)24-19-14-4)45(44)51-37(10)25-20-15-5/h27,29-37H,11-26,28H2,1-10H3. The monoisotopic (exact) mass is 711 g/mol. The molecule has 5 unspecified atom stereocenters. The minimum absolute atomic E-state index is 0.00620. The minimum atomic E-state index is -0.0781. The first-order valence-corrected chi connectivity index (χ1v) is 20.7. The van der Waals surface area contributed by atoms with E-state index in [2.05, 4.69) is 75.3 Å². The smallest absolute Gasteiger partial charge is 0.176 e. The molecule has 2 aromatic rings. The third-order valence-electron chi connectivity index (χ3n) is 9.48. The zero-order valence-electron chi connectivity index (χ0n) is 34.2. The van der Waals surface area contributed by atoms with Gasteiger partial charge in [0.15, 0.2) is 17.3 Å². The molecule has 0 bridgehead atoms. The van der Waals surface area contributed by atoms with Gasteiger partial charge in [0.25, 0.3) is 0 Å². The first-order chi connectivity index (χ1) is 24.6. The van der Waals surface area contributed by atoms with Crippen LogP contribution in [0.2, 0.25) is 0 Å². The van der Waals surface area contributed by atoms with Crippen molar-refractivity contribution < 1.29 is 28.5 Å². The highest BCUT2D eigenvalue weighted by molar-refractivity contribution is 6.02. The lowest BCUT2D eigenvalue weighted by Crippen LogP contribution is -2.20. The van der Waals surface area contributed by atoms with Gasteiger partial charge in [0.05, 0.1) is 30.5 Å². The molecule has 0 aliphatic rings. The van der Waals surface area contributed by atoms with E-state index in [1.807, 2.05) is 24.3 Å². The maximum atomic E-state index is 14.6. The van der Waals surface area contributed by atoms with E-state index in [0.29, 0.717) is 29.2 Å². The molecule has 290 valence electrons. The normalized spacial score (nSPS) is 14.3. The number of ether oxygens (including phenoxy) is 5. The van der Waals surface area contributed by atoms with Crippen molar-refractivity contribution in [3.05, 3.63) is 41.5 Å². The van der Waals surface area contributed by atoms with Crippen molar-refractivity contribution in [2.24, 2.45) is 0 Å². The zero-order valence-corrected chi connectivity index (χ0v) is 34.2. The van der Waals surface area contributed by atoms with E-state index in [9.17, 15) is 4.79 Å². The molecule has 0 radical (unpaired) electrons. The van der Waals surface area contributed by atoms with Crippen LogP contribution in [0, 0.1) is 0 Å². The molecular weight excluding hydrogens is 636 g/mol. The fraction of sp³-hybridized carbons (Fsp3) is 0.711. The molecule has 0 aliphatic carbocycles. The average molecular weight is 711 g/mol. The molecule has 51 heavy (non-hydrogen) atoms. The Hall–Kier alpha value is -2.89. The first kappa shape index (κ1) is 44.3. The van der Waals surface area contributed by atoms with E-state index >= 15 is 0 Å². The SMILES string of the molecule is CCCCC(C)Oc1ccc(OC(C)CCCC)c(CCC(=O)c2c(OC(C)CCCC)ccc(OC(C)CCCC)c2OC(C)CCCC)c1. The molecule has 2 rings (SSSR count). The van der Waals surface area contributed by atoms with Crippen LogP contribution in [-0.4, -0.2) is 36.3 Å². The highest BCUT2D eigenvalue weighted by Gasteiger charge is 2.27. The van der Waals surface area contributed by atoms with Crippen molar-refractivity contribution in [2.45, 2.75) is 209 Å². The predicted octanol–water partition coefficient (Wildman–Crippen LogP) is 13.3. The number of hydrogen-bond acceptors (Lipinski definition) is 6. The fourth-order valence-corrected chi connectivity index (χ4v) is 6.27. The lowest BCUT2D eigenvalue weighted by atomic mass is 9.99. The Labute approximate surface area is 312 Å². The lowest BCUT2D eigenvalue weighted by molar-refractivity contribution is 0.0962. The van der Waals surface area contributed by atoms with Crippen LogP contribution in [0.25, 0.3) is 0 Å². The second kappa shape index (κ2) is 25.1. The highest BCUT2D eigenvalue weighted by atomic mass is 16.5. The summed E-state index contributed by atoms with van der Waals surface area (Å²) >= 11 is 0. The van der Waals surface area contributed by atoms with E-state index in [1.165, 1.54) is 0 Å². The summed E-state index contributed by atoms with van der Waals surface area (Å²) in [5.41, 5.74) is 1.46. The second-order valence-corrected chi connectivity index (χ2v) is 14.8. The van der Waals surface area contributed by atoms with Crippen LogP contribution in [0.15, 0.2) is 30.3 Å². The molecule has 0 N–H and O–H groups in total. The first-order valence-electron chi connectivity index (χ1n) is 20.7. The van der Waals surface area contributed by atoms with Crippen molar-refractivity contribution in [2.75, 3.05) is 0 Å². The summed E-state index contributed by atoms with van der Waals surface area (Å²) < 4.78 is 32.6. The number of unbranched alkanes of at least 4 members (excludes halogenated alkanes) is 5. The summed E-state index contributed by atoms with van der Waals surface area (Å²) in [4.78, 5) is 14.6. The summed E-state index contributed by atoms with van der Waals surface area (Å²) in [6.45, 7) is 21.5. The van der Waals surface area contributed by atoms with E-state index < -0.39 is 0 Å². The molecule has 0 spiro atoms. The molecule has 0 amide bonds. The number of rotatable bonds is 29. The van der Waals surface area contributed by atoms with Crippen LogP contribution >= 0.6 is 0 Å². The van der Waals surface area contributed by atoms with Crippen LogP contribution in [0.1, 0.15) is 188 Å². The number of carbonyl (C=O) groups is 1. The third kappa shape index (κ3) is 16.5. The molecule has 0 fully saturated rings. The van der Waals surface area contributed by atoms with Crippen LogP contribution in [0.4, 0.5) is 0 Å². The Morgan fingerprint density at radius 2 is 0.902 bits per heavy atom. The minimum Gasteiger partial charge on any atom is -0.491 e. The van der Waals surface area contributed by atoms with Gasteiger partial charge in [-0.15, -0.1) is 0 Å². The topological polar surface area (TPSA) is 63.2 Å². The van der Waals surface area contributed by atoms with Crippen molar-refractivity contribution in [1.82, 2.24) is 0 Å². The third-order valence-corrected chi connectivity index (χ3v) is 9.48. The van der Waals surface area contributed by atoms with Gasteiger partial charge in [0, 0.05) is 6.42 Å². The Kier molecular flexibility index (Phi) is 21.8. The largest absolute Gasteiger partial charge is 0.491 e. The molecule has 0 aromatic heterocycles. The van der Waals surface area contributed by atoms with Gasteiger partial charge in [0.2, 0.25) is 0 Å². The van der Waals surface area contributed by atoms with Crippen LogP contribution in [0.3, 0.4) is 0 Å². The molecule has 6 nitrogen and oxygen atoms in total. The van der Waals surface area contributed by atoms with Crippen LogP contribution in [0.5, 0.6) is 28.7 Å². The van der Waals surface area contributed by atoms with Crippen LogP contribution in [-0.2, 0) is 6.42 Å². The van der Waals surface area contributed by atoms with Crippen molar-refractivity contribution in [3.8, 4) is 28.7 Å². The van der Waals surface area contributed by atoms with Gasteiger partial charge in [0.1, 0.15) is 22.8 Å². The Bertz CT molecular complexity index is 1240. The molecule has 2 aromatic carbocycles. The van der Waals surface area contributed by atoms with E-state index in [-0.39, 0.29) is 42.7 Å². The zero-order chi connectivity index (χ0) is 37.6. The van der Waals surface area contributed by atoms with Crippen LogP contribution < -0.4 is 23.7 Å². The van der Waals surface area contributed by atoms with Gasteiger partial charge in [-0.05, 0) is 109 Å². The quantitative estimate of drug-likeness (QED) is 0.0783. The molecular formula is C45H74O6. The summed E-state index contributed by atoms with van der Waals surface area (Å²) in [6.07, 6.45) is 16.5. The molecule has 6 heteroatoms. The second-order valence-electron chi connectivity index (χ2n) is 14.8. The van der Waals surface area contributed by atoms with E-state index in [0.717, 1.165) is 113 Å². The molecule has 0 heterocycles. The summed E-state index contributed by atoms with van der Waals surface area (Å²) in [6, 6.07) is 9.94. The number of hydrogen-bond donors (Lipinski definition) is 0. The number of benzene rings is 2. The maximum Gasteiger partial charge on any atom is 0.176 e. The average Bonchev–Trinajstić information content (AvgIpc) is 3.11. The molecule has 5 atom stereocenters. The van der Waals surface area contributed by atoms with E-state index in [1.54, 1.807) is 0 Å². The predicted molar refractivity (Wildman–Crippen MR) is 214 cm³/mol. The van der Waals surface area contributed by atoms with Crippen molar-refractivity contribution >= 4 is 5.78 Å². The number of ketones is 1. The summed E-state index contributed by atoms with van der Waals surface area (Å²) in [5, 5.41) is 0. The van der Waals surface area contributed by atoms with Gasteiger partial charge >= 0.3 is 0 Å². The van der Waals surface area contributed by atoms with E-state index in [4.69, 9.17) is 23.7 Å². The fourth-order valence-electron chi connectivity index (χ4n) is 6.27. The van der Waals surface area contributed by atoms with Gasteiger partial charge in [-0.25, -0.2) is 0 Å².